The molecular weight excluding hydrogens is 503 g/mol. The van der Waals surface area contributed by atoms with Crippen LogP contribution in [0.2, 0.25) is 0 Å². The lowest BCUT2D eigenvalue weighted by atomic mass is 10.1. The molecule has 2 amide bonds. The SMILES string of the molecule is Cn1c(-c2nc(NC3=CCC(N4CCCN(C(=O)OC(C)(C)C)CC4)C=N3)ncc2F)cc2c1CCNC2=O. The smallest absolute Gasteiger partial charge is 0.410 e. The van der Waals surface area contributed by atoms with E-state index < -0.39 is 11.4 Å². The van der Waals surface area contributed by atoms with Gasteiger partial charge in [0.25, 0.3) is 5.91 Å². The lowest BCUT2D eigenvalue weighted by Gasteiger charge is -2.29. The van der Waals surface area contributed by atoms with E-state index in [1.165, 1.54) is 0 Å². The minimum absolute atomic E-state index is 0.111. The molecule has 0 saturated carbocycles. The van der Waals surface area contributed by atoms with Crippen LogP contribution in [0.4, 0.5) is 15.1 Å². The van der Waals surface area contributed by atoms with E-state index in [-0.39, 0.29) is 29.7 Å². The highest BCUT2D eigenvalue weighted by atomic mass is 19.1. The van der Waals surface area contributed by atoms with Crippen LogP contribution in [-0.4, -0.2) is 86.9 Å². The van der Waals surface area contributed by atoms with E-state index in [4.69, 9.17) is 4.74 Å². The Bertz CT molecular complexity index is 1330. The number of nitrogens with zero attached hydrogens (tertiary/aromatic N) is 6. The summed E-state index contributed by atoms with van der Waals surface area (Å²) in [6.45, 7) is 9.02. The van der Waals surface area contributed by atoms with Crippen LogP contribution in [0.1, 0.15) is 49.7 Å². The lowest BCUT2D eigenvalue weighted by Crippen LogP contribution is -2.42. The van der Waals surface area contributed by atoms with Gasteiger partial charge in [-0.3, -0.25) is 9.69 Å². The lowest BCUT2D eigenvalue weighted by molar-refractivity contribution is 0.0256. The number of fused-ring (bicyclic) bond motifs is 1. The maximum atomic E-state index is 14.8. The fourth-order valence-corrected chi connectivity index (χ4v) is 5.10. The highest BCUT2D eigenvalue weighted by Gasteiger charge is 2.28. The number of amides is 2. The van der Waals surface area contributed by atoms with Crippen LogP contribution >= 0.6 is 0 Å². The number of hydrogen-bond acceptors (Lipinski definition) is 8. The van der Waals surface area contributed by atoms with Gasteiger partial charge in [-0.25, -0.2) is 24.1 Å². The van der Waals surface area contributed by atoms with Crippen molar-refractivity contribution in [1.82, 2.24) is 29.7 Å². The van der Waals surface area contributed by atoms with Gasteiger partial charge in [-0.15, -0.1) is 0 Å². The number of rotatable bonds is 4. The van der Waals surface area contributed by atoms with Gasteiger partial charge in [0.05, 0.1) is 17.5 Å². The van der Waals surface area contributed by atoms with Crippen LogP contribution < -0.4 is 10.6 Å². The Morgan fingerprint density at radius 3 is 2.77 bits per heavy atom. The first-order valence-electron chi connectivity index (χ1n) is 13.3. The fourth-order valence-electron chi connectivity index (χ4n) is 5.10. The molecule has 5 rings (SSSR count). The van der Waals surface area contributed by atoms with Crippen molar-refractivity contribution in [3.63, 3.8) is 0 Å². The van der Waals surface area contributed by atoms with Crippen molar-refractivity contribution >= 4 is 24.2 Å². The molecule has 0 aromatic carbocycles. The minimum Gasteiger partial charge on any atom is -0.444 e. The Labute approximate surface area is 227 Å². The van der Waals surface area contributed by atoms with Crippen molar-refractivity contribution < 1.29 is 18.7 Å². The van der Waals surface area contributed by atoms with E-state index in [9.17, 15) is 14.0 Å². The number of carbonyl (C=O) groups excluding carboxylic acids is 2. The first-order chi connectivity index (χ1) is 18.6. The Morgan fingerprint density at radius 2 is 2.05 bits per heavy atom. The molecule has 1 unspecified atom stereocenters. The van der Waals surface area contributed by atoms with Crippen molar-refractivity contribution in [3.05, 3.63) is 41.2 Å². The van der Waals surface area contributed by atoms with Gasteiger partial charge in [0, 0.05) is 64.1 Å². The first kappa shape index (κ1) is 26.8. The maximum absolute atomic E-state index is 14.8. The molecule has 0 radical (unpaired) electrons. The zero-order valence-corrected chi connectivity index (χ0v) is 22.8. The normalized spacial score (nSPS) is 20.1. The van der Waals surface area contributed by atoms with Crippen molar-refractivity contribution in [2.75, 3.05) is 38.0 Å². The number of hydrogen-bond donors (Lipinski definition) is 2. The van der Waals surface area contributed by atoms with Crippen LogP contribution in [0.3, 0.4) is 0 Å². The van der Waals surface area contributed by atoms with Crippen molar-refractivity contribution in [2.24, 2.45) is 12.0 Å². The molecule has 5 heterocycles. The number of aromatic nitrogens is 3. The summed E-state index contributed by atoms with van der Waals surface area (Å²) in [6.07, 6.45) is 6.97. The van der Waals surface area contributed by atoms with Gasteiger partial charge >= 0.3 is 6.09 Å². The molecule has 11 nitrogen and oxygen atoms in total. The van der Waals surface area contributed by atoms with Crippen LogP contribution in [0.15, 0.2) is 29.2 Å². The fraction of sp³-hybridized carbons (Fsp3) is 0.519. The summed E-state index contributed by atoms with van der Waals surface area (Å²) in [6, 6.07) is 1.78. The first-order valence-corrected chi connectivity index (χ1v) is 13.3. The summed E-state index contributed by atoms with van der Waals surface area (Å²) in [4.78, 5) is 41.9. The second-order valence-electron chi connectivity index (χ2n) is 11.0. The second-order valence-corrected chi connectivity index (χ2v) is 11.0. The van der Waals surface area contributed by atoms with Gasteiger partial charge in [0.1, 0.15) is 17.1 Å². The monoisotopic (exact) mass is 538 g/mol. The zero-order chi connectivity index (χ0) is 27.7. The van der Waals surface area contributed by atoms with Gasteiger partial charge in [-0.2, -0.15) is 0 Å². The highest BCUT2D eigenvalue weighted by molar-refractivity contribution is 5.97. The van der Waals surface area contributed by atoms with E-state index in [2.05, 4.69) is 30.5 Å². The summed E-state index contributed by atoms with van der Waals surface area (Å²) in [5.41, 5.74) is 1.52. The number of nitrogens with one attached hydrogen (secondary N) is 2. The summed E-state index contributed by atoms with van der Waals surface area (Å²) in [5, 5.41) is 5.90. The minimum atomic E-state index is -0.568. The standard InChI is InChI=1S/C27H35FN8O3/c1-27(2,3)39-26(38)36-11-5-10-35(12-13-36)17-6-7-22(30-15-17)32-25-31-16-19(28)23(33-25)21-14-18-20(34(21)4)8-9-29-24(18)37/h7,14-17H,5-6,8-13H2,1-4H3,(H,29,37)(H,31,32,33). The van der Waals surface area contributed by atoms with Gasteiger partial charge < -0.3 is 24.8 Å². The number of ether oxygens (including phenoxy) is 1. The van der Waals surface area contributed by atoms with Crippen LogP contribution in [0.5, 0.6) is 0 Å². The number of halogens is 1. The molecule has 2 aromatic rings. The molecule has 1 atom stereocenters. The summed E-state index contributed by atoms with van der Waals surface area (Å²) < 4.78 is 22.1. The molecule has 1 fully saturated rings. The number of aliphatic imine (C=N–C) groups is 1. The molecule has 39 heavy (non-hydrogen) atoms. The van der Waals surface area contributed by atoms with Crippen molar-refractivity contribution in [3.8, 4) is 11.4 Å². The van der Waals surface area contributed by atoms with E-state index >= 15 is 0 Å². The molecule has 0 bridgehead atoms. The third kappa shape index (κ3) is 5.95. The molecule has 2 N–H and O–H groups in total. The summed E-state index contributed by atoms with van der Waals surface area (Å²) in [7, 11) is 1.81. The molecule has 3 aliphatic heterocycles. The Morgan fingerprint density at radius 1 is 1.23 bits per heavy atom. The van der Waals surface area contributed by atoms with Crippen LogP contribution in [0, 0.1) is 5.82 Å². The average molecular weight is 539 g/mol. The summed E-state index contributed by atoms with van der Waals surface area (Å²) >= 11 is 0. The molecule has 12 heteroatoms. The largest absolute Gasteiger partial charge is 0.444 e. The van der Waals surface area contributed by atoms with E-state index in [1.54, 1.807) is 11.0 Å². The average Bonchev–Trinajstić information content (AvgIpc) is 3.06. The predicted octanol–water partition coefficient (Wildman–Crippen LogP) is 2.95. The maximum Gasteiger partial charge on any atom is 0.410 e. The molecule has 3 aliphatic rings. The molecule has 0 aliphatic carbocycles. The Hall–Kier alpha value is -3.80. The van der Waals surface area contributed by atoms with Gasteiger partial charge in [-0.1, -0.05) is 0 Å². The third-order valence-electron chi connectivity index (χ3n) is 7.07. The topological polar surface area (TPSA) is 117 Å². The second kappa shape index (κ2) is 10.8. The zero-order valence-electron chi connectivity index (χ0n) is 22.8. The van der Waals surface area contributed by atoms with Crippen LogP contribution in [-0.2, 0) is 18.2 Å². The quantitative estimate of drug-likeness (QED) is 0.615. The highest BCUT2D eigenvalue weighted by Crippen LogP contribution is 2.28. The van der Waals surface area contributed by atoms with E-state index in [1.807, 2.05) is 44.7 Å². The molecular formula is C27H35FN8O3. The predicted molar refractivity (Wildman–Crippen MR) is 145 cm³/mol. The Balaban J connectivity index is 1.22. The van der Waals surface area contributed by atoms with E-state index in [0.717, 1.165) is 37.8 Å². The van der Waals surface area contributed by atoms with E-state index in [0.29, 0.717) is 43.1 Å². The van der Waals surface area contributed by atoms with Crippen molar-refractivity contribution in [2.45, 2.75) is 51.7 Å². The Kier molecular flexibility index (Phi) is 7.39. The van der Waals surface area contributed by atoms with Gasteiger partial charge in [0.2, 0.25) is 5.95 Å². The number of anilines is 1. The van der Waals surface area contributed by atoms with Crippen molar-refractivity contribution in [1.29, 1.82) is 0 Å². The third-order valence-corrected chi connectivity index (χ3v) is 7.07. The molecule has 2 aromatic heterocycles. The van der Waals surface area contributed by atoms with Gasteiger partial charge in [0.15, 0.2) is 5.82 Å². The molecule has 208 valence electrons. The molecule has 0 spiro atoms. The van der Waals surface area contributed by atoms with Gasteiger partial charge in [-0.05, 0) is 45.8 Å². The number of carbonyl (C=O) groups is 2. The molecule has 1 saturated heterocycles. The summed E-state index contributed by atoms with van der Waals surface area (Å²) in [5.74, 6) is 0.0741. The van der Waals surface area contributed by atoms with Crippen LogP contribution in [0.25, 0.3) is 11.4 Å².